The van der Waals surface area contributed by atoms with E-state index >= 15 is 0 Å². The number of methoxy groups -OCH3 is 1. The van der Waals surface area contributed by atoms with E-state index in [1.165, 1.54) is 24.5 Å². The first-order chi connectivity index (χ1) is 18.2. The van der Waals surface area contributed by atoms with Gasteiger partial charge in [0.2, 0.25) is 5.65 Å². The summed E-state index contributed by atoms with van der Waals surface area (Å²) in [6, 6.07) is -0.0903. The fourth-order valence-electron chi connectivity index (χ4n) is 4.18. The Morgan fingerprint density at radius 1 is 1.26 bits per heavy atom. The first-order valence-corrected chi connectivity index (χ1v) is 12.3. The van der Waals surface area contributed by atoms with Crippen molar-refractivity contribution in [3.8, 4) is 22.9 Å². The van der Waals surface area contributed by atoms with Gasteiger partial charge < -0.3 is 24.4 Å². The van der Waals surface area contributed by atoms with Crippen LogP contribution in [-0.2, 0) is 4.74 Å². The molecule has 38 heavy (non-hydrogen) atoms. The van der Waals surface area contributed by atoms with Crippen LogP contribution in [0.3, 0.4) is 0 Å². The number of carbonyl (C=O) groups excluding carboxylic acids is 1. The van der Waals surface area contributed by atoms with E-state index in [1.807, 2.05) is 0 Å². The number of nitrogens with zero attached hydrogens (tertiary/aromatic N) is 6. The lowest BCUT2D eigenvalue weighted by Gasteiger charge is -2.30. The molecule has 0 saturated carbocycles. The molecule has 1 aliphatic rings. The van der Waals surface area contributed by atoms with Crippen molar-refractivity contribution in [3.63, 3.8) is 0 Å². The molecule has 0 fully saturated rings. The Balaban J connectivity index is 1.72. The Labute approximate surface area is 217 Å². The van der Waals surface area contributed by atoms with Crippen molar-refractivity contribution in [2.75, 3.05) is 33.5 Å². The Kier molecular flexibility index (Phi) is 8.49. The first-order valence-electron chi connectivity index (χ1n) is 12.3. The van der Waals surface area contributed by atoms with Crippen LogP contribution in [0.4, 0.5) is 18.0 Å². The molecule has 4 bridgehead atoms. The monoisotopic (exact) mass is 537 g/mol. The quantitative estimate of drug-likeness (QED) is 0.535. The summed E-state index contributed by atoms with van der Waals surface area (Å²) in [6.07, 6.45) is -0.635. The average Bonchev–Trinajstić information content (AvgIpc) is 3.37. The highest BCUT2D eigenvalue weighted by Crippen LogP contribution is 2.33. The van der Waals surface area contributed by atoms with E-state index in [9.17, 15) is 18.0 Å². The highest BCUT2D eigenvalue weighted by molar-refractivity contribution is 5.75. The number of fused-ring (bicyclic) bond motifs is 7. The molecule has 2 atom stereocenters. The van der Waals surface area contributed by atoms with Crippen LogP contribution in [0.2, 0.25) is 0 Å². The van der Waals surface area contributed by atoms with Gasteiger partial charge in [0.1, 0.15) is 12.1 Å². The van der Waals surface area contributed by atoms with E-state index in [-0.39, 0.29) is 32.1 Å². The molecule has 0 spiro atoms. The Hall–Kier alpha value is -3.68. The van der Waals surface area contributed by atoms with Crippen molar-refractivity contribution in [1.82, 2.24) is 34.8 Å². The smallest absolute Gasteiger partial charge is 0.389 e. The van der Waals surface area contributed by atoms with Crippen LogP contribution < -0.4 is 14.8 Å². The third-order valence-electron chi connectivity index (χ3n) is 6.21. The van der Waals surface area contributed by atoms with E-state index in [0.29, 0.717) is 41.3 Å². The largest absolute Gasteiger partial charge is 0.494 e. The van der Waals surface area contributed by atoms with Crippen molar-refractivity contribution >= 4 is 11.7 Å². The summed E-state index contributed by atoms with van der Waals surface area (Å²) in [6.45, 7) is 4.24. The predicted octanol–water partition coefficient (Wildman–Crippen LogP) is 3.80. The minimum absolute atomic E-state index is 0.0686. The van der Waals surface area contributed by atoms with E-state index in [4.69, 9.17) is 14.2 Å². The molecule has 1 aliphatic heterocycles. The highest BCUT2D eigenvalue weighted by Gasteiger charge is 2.30. The van der Waals surface area contributed by atoms with Crippen molar-refractivity contribution < 1.29 is 32.2 Å². The Morgan fingerprint density at radius 2 is 2.08 bits per heavy atom. The summed E-state index contributed by atoms with van der Waals surface area (Å²) in [7, 11) is 1.51. The maximum Gasteiger partial charge on any atom is 0.389 e. The molecule has 4 rings (SSSR count). The lowest BCUT2D eigenvalue weighted by molar-refractivity contribution is -0.137. The second kappa shape index (κ2) is 11.8. The molecule has 11 nitrogen and oxygen atoms in total. The molecular formula is C24H30F3N7O4. The number of urea groups is 1. The summed E-state index contributed by atoms with van der Waals surface area (Å²) in [5.74, 6) is 0.706. The maximum atomic E-state index is 13.2. The molecule has 0 aromatic carbocycles. The van der Waals surface area contributed by atoms with Gasteiger partial charge in [-0.05, 0) is 26.3 Å². The Morgan fingerprint density at radius 3 is 2.82 bits per heavy atom. The van der Waals surface area contributed by atoms with Gasteiger partial charge in [-0.2, -0.15) is 18.3 Å². The van der Waals surface area contributed by atoms with E-state index in [2.05, 4.69) is 25.4 Å². The highest BCUT2D eigenvalue weighted by atomic mass is 19.4. The second-order valence-corrected chi connectivity index (χ2v) is 8.81. The van der Waals surface area contributed by atoms with Gasteiger partial charge in [0.05, 0.1) is 56.2 Å². The van der Waals surface area contributed by atoms with Crippen molar-refractivity contribution in [3.05, 3.63) is 30.5 Å². The number of pyridine rings is 1. The fourth-order valence-corrected chi connectivity index (χ4v) is 4.18. The van der Waals surface area contributed by atoms with Gasteiger partial charge in [-0.15, -0.1) is 0 Å². The van der Waals surface area contributed by atoms with Crippen molar-refractivity contribution in [1.29, 1.82) is 0 Å². The summed E-state index contributed by atoms with van der Waals surface area (Å²) in [5, 5.41) is 6.93. The van der Waals surface area contributed by atoms with Crippen LogP contribution in [-0.4, -0.2) is 81.2 Å². The van der Waals surface area contributed by atoms with Gasteiger partial charge in [0.25, 0.3) is 5.88 Å². The van der Waals surface area contributed by atoms with E-state index < -0.39 is 30.7 Å². The summed E-state index contributed by atoms with van der Waals surface area (Å²) < 4.78 is 57.3. The van der Waals surface area contributed by atoms with Crippen molar-refractivity contribution in [2.24, 2.45) is 0 Å². The number of nitrogens with one attached hydrogen (secondary N) is 1. The van der Waals surface area contributed by atoms with E-state index in [1.54, 1.807) is 30.6 Å². The molecule has 206 valence electrons. The zero-order valence-electron chi connectivity index (χ0n) is 21.4. The molecule has 0 aliphatic carbocycles. The second-order valence-electron chi connectivity index (χ2n) is 8.81. The number of rotatable bonds is 4. The molecule has 4 heterocycles. The summed E-state index contributed by atoms with van der Waals surface area (Å²) in [5.41, 5.74) is 2.05. The van der Waals surface area contributed by atoms with Crippen LogP contribution in [0, 0.1) is 0 Å². The minimum Gasteiger partial charge on any atom is -0.494 e. The molecule has 0 radical (unpaired) electrons. The zero-order chi connectivity index (χ0) is 27.3. The third kappa shape index (κ3) is 6.41. The Bertz CT molecular complexity index is 1250. The van der Waals surface area contributed by atoms with Gasteiger partial charge in [0.15, 0.2) is 0 Å². The maximum absolute atomic E-state index is 13.2. The fraction of sp³-hybridized carbons (Fsp3) is 0.542. The molecule has 0 unspecified atom stereocenters. The number of alkyl halides is 3. The topological polar surface area (TPSA) is 116 Å². The molecule has 14 heteroatoms. The van der Waals surface area contributed by atoms with Crippen molar-refractivity contribution in [2.45, 2.75) is 51.4 Å². The third-order valence-corrected chi connectivity index (χ3v) is 6.21. The minimum atomic E-state index is -4.35. The standard InChI is InChI=1S/C24H30F3N7O4/c1-4-33-15(2)18-10-17(20(36-3)11-28-18)19-12-34-21(29-14-30-34)22(32-19)38-9-5-8-37-13-16(31-23(33)35)6-7-24(25,26)27/h10-12,14-16H,4-9,13H2,1-3H3,(H,31,35)/t15-,16+/m1/s1. The summed E-state index contributed by atoms with van der Waals surface area (Å²) >= 11 is 0. The molecule has 0 saturated heterocycles. The lowest BCUT2D eigenvalue weighted by atomic mass is 10.1. The zero-order valence-corrected chi connectivity index (χ0v) is 21.4. The number of ether oxygens (including phenoxy) is 3. The van der Waals surface area contributed by atoms with Crippen LogP contribution in [0.15, 0.2) is 24.8 Å². The number of hydrogen-bond acceptors (Lipinski definition) is 8. The van der Waals surface area contributed by atoms with Gasteiger partial charge in [-0.1, -0.05) is 0 Å². The van der Waals surface area contributed by atoms with Crippen LogP contribution >= 0.6 is 0 Å². The molecule has 3 aromatic rings. The lowest BCUT2D eigenvalue weighted by Crippen LogP contribution is -2.47. The van der Waals surface area contributed by atoms with Gasteiger partial charge >= 0.3 is 12.2 Å². The number of amides is 2. The average molecular weight is 538 g/mol. The normalized spacial score (nSPS) is 19.5. The predicted molar refractivity (Wildman–Crippen MR) is 130 cm³/mol. The van der Waals surface area contributed by atoms with Crippen LogP contribution in [0.1, 0.15) is 44.8 Å². The van der Waals surface area contributed by atoms with Gasteiger partial charge in [0, 0.05) is 31.6 Å². The van der Waals surface area contributed by atoms with Gasteiger partial charge in [-0.25, -0.2) is 19.3 Å². The van der Waals surface area contributed by atoms with E-state index in [0.717, 1.165) is 0 Å². The molecule has 2 amide bonds. The molecule has 3 aromatic heterocycles. The van der Waals surface area contributed by atoms with Crippen LogP contribution in [0.5, 0.6) is 11.6 Å². The number of aromatic nitrogens is 5. The SMILES string of the molecule is CCN1C(=O)N[C@@H](CCC(F)(F)F)COCCCOc2nc(cn3ncnc23)-c2cc(ncc2OC)[C@H]1C. The number of hydrogen-bond donors (Lipinski definition) is 1. The van der Waals surface area contributed by atoms with Crippen LogP contribution in [0.25, 0.3) is 16.9 Å². The van der Waals surface area contributed by atoms with Gasteiger partial charge in [-0.3, -0.25) is 4.98 Å². The molecular weight excluding hydrogens is 507 g/mol. The summed E-state index contributed by atoms with van der Waals surface area (Å²) in [4.78, 5) is 28.0. The number of halogens is 3. The first kappa shape index (κ1) is 27.4. The molecule has 1 N–H and O–H groups in total. The number of carbonyl (C=O) groups is 1.